The summed E-state index contributed by atoms with van der Waals surface area (Å²) < 4.78 is 28.4. The fourth-order valence-electron chi connectivity index (χ4n) is 2.75. The summed E-state index contributed by atoms with van der Waals surface area (Å²) >= 11 is 0. The molecule has 4 N–H and O–H groups in total. The van der Waals surface area contributed by atoms with E-state index in [1.807, 2.05) is 18.2 Å². The number of benzene rings is 2. The molecule has 29 heavy (non-hydrogen) atoms. The fourth-order valence-corrected chi connectivity index (χ4v) is 3.27. The Kier molecular flexibility index (Phi) is 9.11. The van der Waals surface area contributed by atoms with Gasteiger partial charge in [0.2, 0.25) is 10.0 Å². The number of rotatable bonds is 10. The molecule has 8 heteroatoms. The van der Waals surface area contributed by atoms with Crippen LogP contribution < -0.4 is 15.8 Å². The van der Waals surface area contributed by atoms with Gasteiger partial charge in [0.25, 0.3) is 0 Å². The number of hydrogen-bond donors (Lipinski definition) is 3. The maximum atomic E-state index is 11.3. The molecule has 158 valence electrons. The number of primary sulfonamides is 1. The van der Waals surface area contributed by atoms with Gasteiger partial charge >= 0.3 is 0 Å². The predicted octanol–water partition coefficient (Wildman–Crippen LogP) is 2.21. The highest BCUT2D eigenvalue weighted by Gasteiger charge is 2.07. The Morgan fingerprint density at radius 3 is 2.34 bits per heavy atom. The van der Waals surface area contributed by atoms with Gasteiger partial charge in [-0.15, -0.1) is 0 Å². The Bertz CT molecular complexity index is 869. The molecule has 2 aromatic carbocycles. The number of ether oxygens (including phenoxy) is 1. The molecule has 0 bridgehead atoms. The summed E-state index contributed by atoms with van der Waals surface area (Å²) in [7, 11) is -1.92. The van der Waals surface area contributed by atoms with Gasteiger partial charge in [0.15, 0.2) is 5.96 Å². The van der Waals surface area contributed by atoms with Crippen LogP contribution in [-0.2, 0) is 21.2 Å². The van der Waals surface area contributed by atoms with Crippen LogP contribution >= 0.6 is 0 Å². The van der Waals surface area contributed by atoms with Crippen molar-refractivity contribution in [3.63, 3.8) is 0 Å². The zero-order valence-electron chi connectivity index (χ0n) is 17.0. The van der Waals surface area contributed by atoms with Gasteiger partial charge in [-0.05, 0) is 43.0 Å². The van der Waals surface area contributed by atoms with E-state index < -0.39 is 10.0 Å². The average molecular weight is 419 g/mol. The van der Waals surface area contributed by atoms with E-state index in [2.05, 4.69) is 34.7 Å². The Morgan fingerprint density at radius 2 is 1.72 bits per heavy atom. The van der Waals surface area contributed by atoms with Crippen LogP contribution in [0, 0.1) is 0 Å². The highest BCUT2D eigenvalue weighted by Crippen LogP contribution is 2.15. The number of nitrogens with one attached hydrogen (secondary N) is 2. The number of sulfonamides is 1. The van der Waals surface area contributed by atoms with Crippen molar-refractivity contribution in [2.45, 2.75) is 30.8 Å². The number of nitrogens with zero attached hydrogens (tertiary/aromatic N) is 1. The first-order valence-electron chi connectivity index (χ1n) is 9.63. The van der Waals surface area contributed by atoms with Crippen molar-refractivity contribution in [3.05, 3.63) is 65.7 Å². The predicted molar refractivity (Wildman–Crippen MR) is 116 cm³/mol. The molecule has 0 aliphatic heterocycles. The molecule has 2 rings (SSSR count). The highest BCUT2D eigenvalue weighted by molar-refractivity contribution is 7.89. The normalized spacial score (nSPS) is 13.1. The lowest BCUT2D eigenvalue weighted by Crippen LogP contribution is -2.39. The second-order valence-corrected chi connectivity index (χ2v) is 8.20. The maximum absolute atomic E-state index is 11.3. The van der Waals surface area contributed by atoms with Crippen molar-refractivity contribution in [2.75, 3.05) is 26.7 Å². The monoisotopic (exact) mass is 418 g/mol. The molecule has 0 radical (unpaired) electrons. The summed E-state index contributed by atoms with van der Waals surface area (Å²) in [6, 6.07) is 16.7. The SMILES string of the molecule is CN=C(NCCCOC(C)c1ccccc1)NCCc1ccc(S(N)(=O)=O)cc1. The minimum Gasteiger partial charge on any atom is -0.374 e. The van der Waals surface area contributed by atoms with Gasteiger partial charge in [0.05, 0.1) is 11.0 Å². The molecule has 0 aliphatic rings. The van der Waals surface area contributed by atoms with Crippen LogP contribution in [0.2, 0.25) is 0 Å². The molecule has 0 amide bonds. The van der Waals surface area contributed by atoms with Crippen LogP contribution in [0.1, 0.15) is 30.6 Å². The molecule has 0 saturated heterocycles. The average Bonchev–Trinajstić information content (AvgIpc) is 2.72. The molecule has 0 fully saturated rings. The third kappa shape index (κ3) is 8.23. The molecular formula is C21H30N4O3S. The van der Waals surface area contributed by atoms with Crippen LogP contribution in [0.5, 0.6) is 0 Å². The van der Waals surface area contributed by atoms with Crippen molar-refractivity contribution in [1.82, 2.24) is 10.6 Å². The lowest BCUT2D eigenvalue weighted by atomic mass is 10.1. The van der Waals surface area contributed by atoms with Crippen LogP contribution in [0.25, 0.3) is 0 Å². The summed E-state index contributed by atoms with van der Waals surface area (Å²) in [5, 5.41) is 11.6. The van der Waals surface area contributed by atoms with Gasteiger partial charge in [-0.1, -0.05) is 42.5 Å². The molecule has 0 aromatic heterocycles. The van der Waals surface area contributed by atoms with Gasteiger partial charge in [0.1, 0.15) is 0 Å². The summed E-state index contributed by atoms with van der Waals surface area (Å²) in [5.74, 6) is 0.724. The largest absolute Gasteiger partial charge is 0.374 e. The standard InChI is InChI=1S/C21H30N4O3S/c1-17(19-7-4-3-5-8-19)28-16-6-14-24-21(23-2)25-15-13-18-9-11-20(12-10-18)29(22,26)27/h3-5,7-12,17H,6,13-16H2,1-2H3,(H2,22,26,27)(H2,23,24,25). The first kappa shape index (κ1) is 22.9. The molecule has 7 nitrogen and oxygen atoms in total. The molecule has 0 saturated carbocycles. The number of nitrogens with two attached hydrogens (primary N) is 1. The summed E-state index contributed by atoms with van der Waals surface area (Å²) in [5.41, 5.74) is 2.19. The minimum atomic E-state index is -3.65. The minimum absolute atomic E-state index is 0.0780. The van der Waals surface area contributed by atoms with Crippen LogP contribution in [-0.4, -0.2) is 41.1 Å². The Morgan fingerprint density at radius 1 is 1.07 bits per heavy atom. The topological polar surface area (TPSA) is 106 Å². The first-order chi connectivity index (χ1) is 13.9. The van der Waals surface area contributed by atoms with Gasteiger partial charge in [0, 0.05) is 26.7 Å². The molecule has 0 aliphatic carbocycles. The molecule has 1 unspecified atom stereocenters. The van der Waals surface area contributed by atoms with Crippen molar-refractivity contribution < 1.29 is 13.2 Å². The molecule has 0 spiro atoms. The van der Waals surface area contributed by atoms with Crippen molar-refractivity contribution in [1.29, 1.82) is 0 Å². The maximum Gasteiger partial charge on any atom is 0.238 e. The quantitative estimate of drug-likeness (QED) is 0.312. The second-order valence-electron chi connectivity index (χ2n) is 6.64. The van der Waals surface area contributed by atoms with E-state index in [1.54, 1.807) is 19.2 Å². The molecular weight excluding hydrogens is 388 g/mol. The van der Waals surface area contributed by atoms with E-state index in [9.17, 15) is 8.42 Å². The number of guanidine groups is 1. The van der Waals surface area contributed by atoms with Gasteiger partial charge < -0.3 is 15.4 Å². The van der Waals surface area contributed by atoms with E-state index >= 15 is 0 Å². The summed E-state index contributed by atoms with van der Waals surface area (Å²) in [4.78, 5) is 4.32. The zero-order valence-corrected chi connectivity index (χ0v) is 17.8. The van der Waals surface area contributed by atoms with E-state index in [0.717, 1.165) is 30.9 Å². The first-order valence-corrected chi connectivity index (χ1v) is 11.2. The summed E-state index contributed by atoms with van der Waals surface area (Å²) in [6.07, 6.45) is 1.69. The van der Waals surface area contributed by atoms with Gasteiger partial charge in [-0.25, -0.2) is 13.6 Å². The number of aliphatic imine (C=N–C) groups is 1. The van der Waals surface area contributed by atoms with E-state index in [-0.39, 0.29) is 11.0 Å². The van der Waals surface area contributed by atoms with Crippen molar-refractivity contribution in [3.8, 4) is 0 Å². The molecule has 0 heterocycles. The van der Waals surface area contributed by atoms with Crippen molar-refractivity contribution in [2.24, 2.45) is 10.1 Å². The Hall–Kier alpha value is -2.42. The third-order valence-electron chi connectivity index (χ3n) is 4.43. The summed E-state index contributed by atoms with van der Waals surface area (Å²) in [6.45, 7) is 4.15. The van der Waals surface area contributed by atoms with Crippen molar-refractivity contribution >= 4 is 16.0 Å². The molecule has 2 aromatic rings. The zero-order chi connectivity index (χ0) is 21.1. The van der Waals surface area contributed by atoms with E-state index in [4.69, 9.17) is 9.88 Å². The third-order valence-corrected chi connectivity index (χ3v) is 5.36. The lowest BCUT2D eigenvalue weighted by molar-refractivity contribution is 0.0646. The second kappa shape index (κ2) is 11.5. The Labute approximate surface area is 173 Å². The van der Waals surface area contributed by atoms with E-state index in [1.165, 1.54) is 17.7 Å². The molecule has 1 atom stereocenters. The van der Waals surface area contributed by atoms with Crippen LogP contribution in [0.3, 0.4) is 0 Å². The van der Waals surface area contributed by atoms with Crippen LogP contribution in [0.4, 0.5) is 0 Å². The van der Waals surface area contributed by atoms with Crippen LogP contribution in [0.15, 0.2) is 64.5 Å². The number of hydrogen-bond acceptors (Lipinski definition) is 4. The fraction of sp³-hybridized carbons (Fsp3) is 0.381. The smallest absolute Gasteiger partial charge is 0.238 e. The van der Waals surface area contributed by atoms with E-state index in [0.29, 0.717) is 13.2 Å². The van der Waals surface area contributed by atoms with Gasteiger partial charge in [-0.2, -0.15) is 0 Å². The Balaban J connectivity index is 1.63. The highest BCUT2D eigenvalue weighted by atomic mass is 32.2. The van der Waals surface area contributed by atoms with Gasteiger partial charge in [-0.3, -0.25) is 4.99 Å². The lowest BCUT2D eigenvalue weighted by Gasteiger charge is -2.15.